The molecular weight excluding hydrogens is 303 g/mol. The lowest BCUT2D eigenvalue weighted by Crippen LogP contribution is -2.33. The number of rotatable bonds is 3. The van der Waals surface area contributed by atoms with Gasteiger partial charge in [0.25, 0.3) is 10.0 Å². The number of thiophene rings is 1. The van der Waals surface area contributed by atoms with Crippen molar-refractivity contribution < 1.29 is 8.42 Å². The zero-order chi connectivity index (χ0) is 11.8. The minimum Gasteiger partial charge on any atom is -0.316 e. The topological polar surface area (TPSA) is 49.4 Å². The zero-order valence-corrected chi connectivity index (χ0v) is 12.4. The molecule has 1 aliphatic rings. The average molecular weight is 317 g/mol. The summed E-state index contributed by atoms with van der Waals surface area (Å²) in [5.41, 5.74) is 0. The van der Waals surface area contributed by atoms with Crippen molar-refractivity contribution >= 4 is 45.4 Å². The van der Waals surface area contributed by atoms with E-state index in [1.54, 1.807) is 12.1 Å². The third-order valence-electron chi connectivity index (χ3n) is 2.70. The van der Waals surface area contributed by atoms with Crippen molar-refractivity contribution in [3.8, 4) is 0 Å². The highest BCUT2D eigenvalue weighted by Gasteiger charge is 2.32. The van der Waals surface area contributed by atoms with Gasteiger partial charge in [-0.1, -0.05) is 11.6 Å². The molecule has 0 spiro atoms. The summed E-state index contributed by atoms with van der Waals surface area (Å²) in [6, 6.07) is 3.44. The van der Waals surface area contributed by atoms with Gasteiger partial charge in [0.1, 0.15) is 4.21 Å². The predicted octanol–water partition coefficient (Wildman–Crippen LogP) is 1.81. The molecule has 0 bridgehead atoms. The SMILES string of the molecule is CNC1CCN(S(=O)(=O)c2ccc(Cl)s2)C1.Cl. The van der Waals surface area contributed by atoms with Crippen LogP contribution in [0.15, 0.2) is 16.3 Å². The molecule has 8 heteroatoms. The molecule has 1 aromatic heterocycles. The number of nitrogens with zero attached hydrogens (tertiary/aromatic N) is 1. The monoisotopic (exact) mass is 316 g/mol. The summed E-state index contributed by atoms with van der Waals surface area (Å²) in [5.74, 6) is 0. The lowest BCUT2D eigenvalue weighted by molar-refractivity contribution is 0.466. The van der Waals surface area contributed by atoms with Gasteiger partial charge in [-0.25, -0.2) is 8.42 Å². The fraction of sp³-hybridized carbons (Fsp3) is 0.556. The van der Waals surface area contributed by atoms with Gasteiger partial charge in [0, 0.05) is 19.1 Å². The van der Waals surface area contributed by atoms with Crippen LogP contribution in [0.2, 0.25) is 4.34 Å². The molecule has 0 aromatic carbocycles. The second kappa shape index (κ2) is 5.86. The van der Waals surface area contributed by atoms with Crippen LogP contribution in [0, 0.1) is 0 Å². The van der Waals surface area contributed by atoms with Gasteiger partial charge in [-0.05, 0) is 25.6 Å². The molecule has 2 heterocycles. The van der Waals surface area contributed by atoms with Crippen molar-refractivity contribution in [3.05, 3.63) is 16.5 Å². The van der Waals surface area contributed by atoms with Gasteiger partial charge in [-0.2, -0.15) is 4.31 Å². The molecule has 1 unspecified atom stereocenters. The number of sulfonamides is 1. The highest BCUT2D eigenvalue weighted by Crippen LogP contribution is 2.29. The molecule has 1 N–H and O–H groups in total. The van der Waals surface area contributed by atoms with Crippen molar-refractivity contribution in [1.82, 2.24) is 9.62 Å². The standard InChI is InChI=1S/C9H13ClN2O2S2.ClH/c1-11-7-4-5-12(6-7)16(13,14)9-3-2-8(10)15-9;/h2-3,7,11H,4-6H2,1H3;1H. The Morgan fingerprint density at radius 1 is 1.53 bits per heavy atom. The second-order valence-electron chi connectivity index (χ2n) is 3.70. The molecule has 0 amide bonds. The Morgan fingerprint density at radius 2 is 2.24 bits per heavy atom. The van der Waals surface area contributed by atoms with Crippen molar-refractivity contribution in [2.75, 3.05) is 20.1 Å². The van der Waals surface area contributed by atoms with E-state index in [1.165, 1.54) is 4.31 Å². The molecule has 1 fully saturated rings. The number of hydrogen-bond donors (Lipinski definition) is 1. The normalized spacial score (nSPS) is 21.4. The van der Waals surface area contributed by atoms with E-state index in [0.717, 1.165) is 17.8 Å². The van der Waals surface area contributed by atoms with Crippen LogP contribution in [0.5, 0.6) is 0 Å². The highest BCUT2D eigenvalue weighted by molar-refractivity contribution is 7.91. The Balaban J connectivity index is 0.00000144. The maximum absolute atomic E-state index is 12.2. The quantitative estimate of drug-likeness (QED) is 0.925. The Hall–Kier alpha value is 0.150. The molecule has 0 saturated carbocycles. The summed E-state index contributed by atoms with van der Waals surface area (Å²) < 4.78 is 26.7. The van der Waals surface area contributed by atoms with Crippen molar-refractivity contribution in [2.24, 2.45) is 0 Å². The van der Waals surface area contributed by atoms with Gasteiger partial charge in [-0.15, -0.1) is 23.7 Å². The van der Waals surface area contributed by atoms with E-state index in [-0.39, 0.29) is 18.4 Å². The Bertz CT molecular complexity index is 475. The molecule has 0 radical (unpaired) electrons. The van der Waals surface area contributed by atoms with Crippen LogP contribution in [0.1, 0.15) is 6.42 Å². The largest absolute Gasteiger partial charge is 0.316 e. The Morgan fingerprint density at radius 3 is 2.71 bits per heavy atom. The number of likely N-dealkylation sites (N-methyl/N-ethyl adjacent to an activating group) is 1. The summed E-state index contributed by atoms with van der Waals surface area (Å²) >= 11 is 6.86. The molecule has 1 aromatic rings. The third kappa shape index (κ3) is 3.13. The van der Waals surface area contributed by atoms with Crippen LogP contribution in [0.4, 0.5) is 0 Å². The summed E-state index contributed by atoms with van der Waals surface area (Å²) in [7, 11) is -1.48. The fourth-order valence-corrected chi connectivity index (χ4v) is 4.88. The summed E-state index contributed by atoms with van der Waals surface area (Å²) in [6.07, 6.45) is 0.856. The summed E-state index contributed by atoms with van der Waals surface area (Å²) in [5, 5.41) is 3.09. The molecule has 1 aliphatic heterocycles. The van der Waals surface area contributed by atoms with Crippen LogP contribution in [0.25, 0.3) is 0 Å². The van der Waals surface area contributed by atoms with E-state index in [2.05, 4.69) is 5.32 Å². The van der Waals surface area contributed by atoms with E-state index in [1.807, 2.05) is 7.05 Å². The molecule has 1 saturated heterocycles. The first-order valence-corrected chi connectivity index (χ1v) is 7.60. The Kier molecular flexibility index (Phi) is 5.24. The first-order chi connectivity index (χ1) is 7.54. The third-order valence-corrected chi connectivity index (χ3v) is 6.27. The first kappa shape index (κ1) is 15.2. The number of hydrogen-bond acceptors (Lipinski definition) is 4. The molecule has 0 aliphatic carbocycles. The van der Waals surface area contributed by atoms with E-state index in [0.29, 0.717) is 21.6 Å². The minimum atomic E-state index is -3.33. The van der Waals surface area contributed by atoms with Crippen molar-refractivity contribution in [2.45, 2.75) is 16.7 Å². The maximum atomic E-state index is 12.2. The summed E-state index contributed by atoms with van der Waals surface area (Å²) in [6.45, 7) is 1.11. The highest BCUT2D eigenvalue weighted by atomic mass is 35.5. The van der Waals surface area contributed by atoms with Crippen LogP contribution in [0.3, 0.4) is 0 Å². The molecule has 1 atom stereocenters. The zero-order valence-electron chi connectivity index (χ0n) is 9.22. The van der Waals surface area contributed by atoms with Gasteiger partial charge in [0.2, 0.25) is 0 Å². The van der Waals surface area contributed by atoms with Crippen LogP contribution >= 0.6 is 35.3 Å². The van der Waals surface area contributed by atoms with E-state index < -0.39 is 10.0 Å². The maximum Gasteiger partial charge on any atom is 0.252 e. The lowest BCUT2D eigenvalue weighted by Gasteiger charge is -2.14. The smallest absolute Gasteiger partial charge is 0.252 e. The molecule has 4 nitrogen and oxygen atoms in total. The minimum absolute atomic E-state index is 0. The fourth-order valence-electron chi connectivity index (χ4n) is 1.75. The average Bonchev–Trinajstić information content (AvgIpc) is 2.85. The van der Waals surface area contributed by atoms with Gasteiger partial charge in [0.05, 0.1) is 4.34 Å². The van der Waals surface area contributed by atoms with E-state index >= 15 is 0 Å². The van der Waals surface area contributed by atoms with Crippen molar-refractivity contribution in [1.29, 1.82) is 0 Å². The molecule has 2 rings (SSSR count). The van der Waals surface area contributed by atoms with Gasteiger partial charge < -0.3 is 5.32 Å². The number of halogens is 2. The summed E-state index contributed by atoms with van der Waals surface area (Å²) in [4.78, 5) is 0. The number of nitrogens with one attached hydrogen (secondary N) is 1. The Labute approximate surface area is 116 Å². The van der Waals surface area contributed by atoms with Gasteiger partial charge in [0.15, 0.2) is 0 Å². The van der Waals surface area contributed by atoms with Crippen molar-refractivity contribution in [3.63, 3.8) is 0 Å². The van der Waals surface area contributed by atoms with E-state index in [9.17, 15) is 8.42 Å². The molecule has 17 heavy (non-hydrogen) atoms. The van der Waals surface area contributed by atoms with E-state index in [4.69, 9.17) is 11.6 Å². The lowest BCUT2D eigenvalue weighted by atomic mass is 10.3. The molecule has 98 valence electrons. The van der Waals surface area contributed by atoms with Crippen LogP contribution in [-0.4, -0.2) is 38.9 Å². The van der Waals surface area contributed by atoms with Crippen LogP contribution in [-0.2, 0) is 10.0 Å². The first-order valence-electron chi connectivity index (χ1n) is 4.97. The van der Waals surface area contributed by atoms with Gasteiger partial charge >= 0.3 is 0 Å². The predicted molar refractivity (Wildman–Crippen MR) is 72.8 cm³/mol. The van der Waals surface area contributed by atoms with Crippen LogP contribution < -0.4 is 5.32 Å². The molecular formula is C9H14Cl2N2O2S2. The second-order valence-corrected chi connectivity index (χ2v) is 7.58. The van der Waals surface area contributed by atoms with Gasteiger partial charge in [-0.3, -0.25) is 0 Å².